The summed E-state index contributed by atoms with van der Waals surface area (Å²) in [5.41, 5.74) is 0.392. The second-order valence-electron chi connectivity index (χ2n) is 8.70. The van der Waals surface area contributed by atoms with Gasteiger partial charge in [0, 0.05) is 31.6 Å². The van der Waals surface area contributed by atoms with E-state index < -0.39 is 0 Å². The molecule has 3 fully saturated rings. The zero-order valence-corrected chi connectivity index (χ0v) is 15.3. The average molecular weight is 329 g/mol. The molecule has 22 heavy (non-hydrogen) atoms. The molecule has 0 aromatic carbocycles. The molecule has 1 N–H and O–H groups in total. The van der Waals surface area contributed by atoms with E-state index in [1.165, 1.54) is 38.5 Å². The second-order valence-corrected chi connectivity index (χ2v) is 8.70. The van der Waals surface area contributed by atoms with Crippen LogP contribution in [0.1, 0.15) is 65.7 Å². The number of likely N-dealkylation sites (tertiary alicyclic amines) is 1. The van der Waals surface area contributed by atoms with E-state index in [2.05, 4.69) is 31.0 Å². The highest BCUT2D eigenvalue weighted by Gasteiger charge is 2.36. The van der Waals surface area contributed by atoms with Crippen LogP contribution in [0.5, 0.6) is 0 Å². The number of carbonyl (C=O) groups excluding carboxylic acids is 1. The second kappa shape index (κ2) is 7.09. The fourth-order valence-electron chi connectivity index (χ4n) is 4.71. The van der Waals surface area contributed by atoms with Gasteiger partial charge in [0.25, 0.3) is 0 Å². The van der Waals surface area contributed by atoms with Crippen molar-refractivity contribution in [2.45, 2.75) is 77.8 Å². The fourth-order valence-corrected chi connectivity index (χ4v) is 4.71. The quantitative estimate of drug-likeness (QED) is 0.839. The Hall–Kier alpha value is -0.280. The van der Waals surface area contributed by atoms with Crippen molar-refractivity contribution in [2.75, 3.05) is 13.1 Å². The predicted octanol–water partition coefficient (Wildman–Crippen LogP) is 3.61. The van der Waals surface area contributed by atoms with Crippen molar-refractivity contribution in [1.82, 2.24) is 10.2 Å². The first-order chi connectivity index (χ1) is 9.91. The first kappa shape index (κ1) is 18.1. The molecule has 3 saturated heterocycles. The van der Waals surface area contributed by atoms with E-state index in [0.717, 1.165) is 25.4 Å². The Morgan fingerprint density at radius 2 is 1.59 bits per heavy atom. The van der Waals surface area contributed by atoms with Gasteiger partial charge < -0.3 is 10.2 Å². The monoisotopic (exact) mass is 328 g/mol. The van der Waals surface area contributed by atoms with Gasteiger partial charge in [0.2, 0.25) is 5.91 Å². The fraction of sp³-hybridized carbons (Fsp3) is 0.944. The van der Waals surface area contributed by atoms with Gasteiger partial charge in [-0.15, -0.1) is 12.4 Å². The SMILES string of the molecule is CC(C)(C)C1CCN(C(=O)CC2CC3CCC(C2)N3)CC1.Cl. The number of hydrogen-bond donors (Lipinski definition) is 1. The summed E-state index contributed by atoms with van der Waals surface area (Å²) in [6.45, 7) is 8.97. The van der Waals surface area contributed by atoms with Crippen molar-refractivity contribution in [3.8, 4) is 0 Å². The molecule has 0 saturated carbocycles. The molecule has 0 radical (unpaired) electrons. The standard InChI is InChI=1S/C18H32N2O.ClH/c1-18(2,3)14-6-8-20(9-7-14)17(21)12-13-10-15-4-5-16(11-13)19-15;/h13-16,19H,4-12H2,1-3H3;1H. The molecule has 128 valence electrons. The summed E-state index contributed by atoms with van der Waals surface area (Å²) in [5.74, 6) is 1.83. The number of carbonyl (C=O) groups is 1. The van der Waals surface area contributed by atoms with E-state index >= 15 is 0 Å². The topological polar surface area (TPSA) is 32.3 Å². The first-order valence-electron chi connectivity index (χ1n) is 8.95. The average Bonchev–Trinajstić information content (AvgIpc) is 2.77. The number of nitrogens with one attached hydrogen (secondary N) is 1. The molecule has 2 atom stereocenters. The lowest BCUT2D eigenvalue weighted by molar-refractivity contribution is -0.134. The zero-order valence-electron chi connectivity index (χ0n) is 14.4. The number of nitrogens with zero attached hydrogens (tertiary/aromatic N) is 1. The van der Waals surface area contributed by atoms with Crippen LogP contribution in [0.2, 0.25) is 0 Å². The molecular weight excluding hydrogens is 296 g/mol. The van der Waals surface area contributed by atoms with Crippen LogP contribution < -0.4 is 5.32 Å². The molecule has 3 heterocycles. The van der Waals surface area contributed by atoms with Crippen LogP contribution in [0, 0.1) is 17.3 Å². The molecule has 3 rings (SSSR count). The Balaban J connectivity index is 0.00000176. The molecule has 2 bridgehead atoms. The van der Waals surface area contributed by atoms with Gasteiger partial charge in [0.1, 0.15) is 0 Å². The third-order valence-electron chi connectivity index (χ3n) is 6.11. The summed E-state index contributed by atoms with van der Waals surface area (Å²) < 4.78 is 0. The highest BCUT2D eigenvalue weighted by atomic mass is 35.5. The van der Waals surface area contributed by atoms with Crippen molar-refractivity contribution < 1.29 is 4.79 Å². The summed E-state index contributed by atoms with van der Waals surface area (Å²) in [5, 5.41) is 3.67. The number of amides is 1. The minimum absolute atomic E-state index is 0. The van der Waals surface area contributed by atoms with E-state index in [-0.39, 0.29) is 12.4 Å². The molecule has 4 heteroatoms. The number of rotatable bonds is 2. The van der Waals surface area contributed by atoms with Gasteiger partial charge in [0.05, 0.1) is 0 Å². The third kappa shape index (κ3) is 4.17. The highest BCUT2D eigenvalue weighted by Crippen LogP contribution is 2.36. The lowest BCUT2D eigenvalue weighted by Crippen LogP contribution is -2.44. The van der Waals surface area contributed by atoms with Crippen molar-refractivity contribution >= 4 is 18.3 Å². The lowest BCUT2D eigenvalue weighted by Gasteiger charge is -2.39. The maximum absolute atomic E-state index is 12.6. The predicted molar refractivity (Wildman–Crippen MR) is 93.3 cm³/mol. The highest BCUT2D eigenvalue weighted by molar-refractivity contribution is 5.85. The van der Waals surface area contributed by atoms with Crippen LogP contribution in [0.15, 0.2) is 0 Å². The van der Waals surface area contributed by atoms with Crippen molar-refractivity contribution in [2.24, 2.45) is 17.3 Å². The van der Waals surface area contributed by atoms with Crippen molar-refractivity contribution in [1.29, 1.82) is 0 Å². The summed E-state index contributed by atoms with van der Waals surface area (Å²) in [7, 11) is 0. The van der Waals surface area contributed by atoms with Gasteiger partial charge in [-0.3, -0.25) is 4.79 Å². The Bertz CT molecular complexity index is 373. The third-order valence-corrected chi connectivity index (χ3v) is 6.11. The Kier molecular flexibility index (Phi) is 5.82. The molecule has 3 aliphatic heterocycles. The maximum Gasteiger partial charge on any atom is 0.222 e. The maximum atomic E-state index is 12.6. The zero-order chi connectivity index (χ0) is 15.0. The minimum atomic E-state index is 0. The molecule has 0 aliphatic carbocycles. The van der Waals surface area contributed by atoms with Crippen LogP contribution in [0.3, 0.4) is 0 Å². The van der Waals surface area contributed by atoms with Gasteiger partial charge >= 0.3 is 0 Å². The summed E-state index contributed by atoms with van der Waals surface area (Å²) in [6, 6.07) is 1.40. The Labute approximate surface area is 142 Å². The first-order valence-corrected chi connectivity index (χ1v) is 8.95. The number of piperidine rings is 2. The molecular formula is C18H33ClN2O. The molecule has 0 spiro atoms. The van der Waals surface area contributed by atoms with Crippen LogP contribution in [-0.4, -0.2) is 36.0 Å². The molecule has 0 aromatic heterocycles. The summed E-state index contributed by atoms with van der Waals surface area (Å²) in [6.07, 6.45) is 8.27. The number of fused-ring (bicyclic) bond motifs is 2. The smallest absolute Gasteiger partial charge is 0.222 e. The number of hydrogen-bond acceptors (Lipinski definition) is 2. The molecule has 0 aromatic rings. The normalized spacial score (nSPS) is 32.7. The van der Waals surface area contributed by atoms with Crippen LogP contribution in [-0.2, 0) is 4.79 Å². The Morgan fingerprint density at radius 1 is 1.05 bits per heavy atom. The van der Waals surface area contributed by atoms with Gasteiger partial charge in [-0.2, -0.15) is 0 Å². The van der Waals surface area contributed by atoms with E-state index in [9.17, 15) is 4.79 Å². The van der Waals surface area contributed by atoms with Crippen molar-refractivity contribution in [3.63, 3.8) is 0 Å². The molecule has 3 aliphatic rings. The summed E-state index contributed by atoms with van der Waals surface area (Å²) >= 11 is 0. The van der Waals surface area contributed by atoms with Gasteiger partial charge in [-0.05, 0) is 55.8 Å². The Morgan fingerprint density at radius 3 is 2.09 bits per heavy atom. The van der Waals surface area contributed by atoms with E-state index in [1.54, 1.807) is 0 Å². The van der Waals surface area contributed by atoms with Crippen LogP contribution in [0.25, 0.3) is 0 Å². The molecule has 1 amide bonds. The van der Waals surface area contributed by atoms with Gasteiger partial charge in [0.15, 0.2) is 0 Å². The van der Waals surface area contributed by atoms with Gasteiger partial charge in [-0.1, -0.05) is 20.8 Å². The van der Waals surface area contributed by atoms with E-state index in [0.29, 0.717) is 29.3 Å². The van der Waals surface area contributed by atoms with Gasteiger partial charge in [-0.25, -0.2) is 0 Å². The largest absolute Gasteiger partial charge is 0.343 e. The van der Waals surface area contributed by atoms with E-state index in [4.69, 9.17) is 0 Å². The minimum Gasteiger partial charge on any atom is -0.343 e. The number of halogens is 1. The van der Waals surface area contributed by atoms with Crippen LogP contribution >= 0.6 is 12.4 Å². The molecule has 3 nitrogen and oxygen atoms in total. The van der Waals surface area contributed by atoms with Crippen molar-refractivity contribution in [3.05, 3.63) is 0 Å². The molecule has 2 unspecified atom stereocenters. The lowest BCUT2D eigenvalue weighted by atomic mass is 9.75. The van der Waals surface area contributed by atoms with E-state index in [1.807, 2.05) is 0 Å². The van der Waals surface area contributed by atoms with Crippen LogP contribution in [0.4, 0.5) is 0 Å². The summed E-state index contributed by atoms with van der Waals surface area (Å²) in [4.78, 5) is 14.7.